The van der Waals surface area contributed by atoms with E-state index in [1.54, 1.807) is 23.1 Å². The maximum Gasteiger partial charge on any atom is 0.303 e. The molecule has 1 aliphatic heterocycles. The Morgan fingerprint density at radius 3 is 3.12 bits per heavy atom. The largest absolute Gasteiger partial charge is 0.481 e. The van der Waals surface area contributed by atoms with Crippen LogP contribution in [0.2, 0.25) is 0 Å². The Balaban J connectivity index is 1.61. The van der Waals surface area contributed by atoms with Crippen LogP contribution in [0.4, 0.5) is 0 Å². The summed E-state index contributed by atoms with van der Waals surface area (Å²) in [6, 6.07) is 5.36. The third-order valence-electron chi connectivity index (χ3n) is 3.89. The van der Waals surface area contributed by atoms with E-state index >= 15 is 0 Å². The summed E-state index contributed by atoms with van der Waals surface area (Å²) < 4.78 is 11.0. The van der Waals surface area contributed by atoms with Gasteiger partial charge in [0.25, 0.3) is 0 Å². The van der Waals surface area contributed by atoms with Gasteiger partial charge in [-0.25, -0.2) is 4.98 Å². The number of hydrogen-bond donors (Lipinski definition) is 1. The fourth-order valence-corrected chi connectivity index (χ4v) is 2.68. The van der Waals surface area contributed by atoms with Crippen LogP contribution in [0.3, 0.4) is 0 Å². The number of benzene rings is 1. The lowest BCUT2D eigenvalue weighted by atomic mass is 10.1. The molecule has 1 amide bonds. The fourth-order valence-electron chi connectivity index (χ4n) is 2.68. The molecule has 0 fully saturated rings. The van der Waals surface area contributed by atoms with Gasteiger partial charge in [0.1, 0.15) is 5.76 Å². The number of amides is 1. The highest BCUT2D eigenvalue weighted by Gasteiger charge is 2.25. The van der Waals surface area contributed by atoms with Crippen LogP contribution in [0.1, 0.15) is 19.8 Å². The smallest absolute Gasteiger partial charge is 0.303 e. The molecule has 0 bridgehead atoms. The van der Waals surface area contributed by atoms with Crippen molar-refractivity contribution in [3.63, 3.8) is 0 Å². The number of carbonyl (C=O) groups is 2. The van der Waals surface area contributed by atoms with Crippen LogP contribution >= 0.6 is 0 Å². The summed E-state index contributed by atoms with van der Waals surface area (Å²) in [5.41, 5.74) is 1.23. The van der Waals surface area contributed by atoms with Gasteiger partial charge in [-0.3, -0.25) is 9.59 Å². The lowest BCUT2D eigenvalue weighted by Crippen LogP contribution is -2.31. The van der Waals surface area contributed by atoms with Crippen LogP contribution in [0.15, 0.2) is 40.8 Å². The van der Waals surface area contributed by atoms with Crippen LogP contribution < -0.4 is 4.74 Å². The molecule has 0 saturated heterocycles. The van der Waals surface area contributed by atoms with Crippen molar-refractivity contribution >= 4 is 23.0 Å². The van der Waals surface area contributed by atoms with Gasteiger partial charge in [-0.05, 0) is 24.5 Å². The maximum atomic E-state index is 12.1. The topological polar surface area (TPSA) is 92.9 Å². The second kappa shape index (κ2) is 6.74. The SMILES string of the molecule is CC(CCC(=O)O)CN1CC(Oc2cccc3ocnc23)=CC1=O. The van der Waals surface area contributed by atoms with Gasteiger partial charge >= 0.3 is 5.97 Å². The lowest BCUT2D eigenvalue weighted by Gasteiger charge is -2.20. The summed E-state index contributed by atoms with van der Waals surface area (Å²) in [5.74, 6) is 0.246. The normalized spacial score (nSPS) is 15.6. The number of aliphatic carboxylic acids is 1. The second-order valence-corrected chi connectivity index (χ2v) is 5.92. The number of carboxylic acid groups (broad SMARTS) is 1. The molecule has 7 nitrogen and oxygen atoms in total. The molecule has 1 N–H and O–H groups in total. The Morgan fingerprint density at radius 1 is 1.50 bits per heavy atom. The van der Waals surface area contributed by atoms with Gasteiger partial charge in [-0.15, -0.1) is 0 Å². The van der Waals surface area contributed by atoms with Crippen LogP contribution in [0, 0.1) is 5.92 Å². The molecule has 3 rings (SSSR count). The average Bonchev–Trinajstić information content (AvgIpc) is 3.13. The van der Waals surface area contributed by atoms with E-state index in [1.807, 2.05) is 6.92 Å². The lowest BCUT2D eigenvalue weighted by molar-refractivity contribution is -0.137. The molecule has 24 heavy (non-hydrogen) atoms. The van der Waals surface area contributed by atoms with Crippen LogP contribution in [-0.2, 0) is 9.59 Å². The monoisotopic (exact) mass is 330 g/mol. The van der Waals surface area contributed by atoms with Crippen molar-refractivity contribution in [3.05, 3.63) is 36.4 Å². The first-order valence-corrected chi connectivity index (χ1v) is 7.74. The molecule has 2 heterocycles. The Bertz CT molecular complexity index is 795. The first kappa shape index (κ1) is 16.0. The summed E-state index contributed by atoms with van der Waals surface area (Å²) in [6.07, 6.45) is 3.45. The van der Waals surface area contributed by atoms with Crippen molar-refractivity contribution in [1.29, 1.82) is 0 Å². The van der Waals surface area contributed by atoms with Crippen molar-refractivity contribution in [2.24, 2.45) is 5.92 Å². The van der Waals surface area contributed by atoms with E-state index < -0.39 is 5.97 Å². The van der Waals surface area contributed by atoms with Gasteiger partial charge in [-0.1, -0.05) is 13.0 Å². The minimum absolute atomic E-state index is 0.105. The molecule has 0 aliphatic carbocycles. The third-order valence-corrected chi connectivity index (χ3v) is 3.89. The first-order valence-electron chi connectivity index (χ1n) is 7.74. The molecule has 1 atom stereocenters. The molecule has 1 unspecified atom stereocenters. The second-order valence-electron chi connectivity index (χ2n) is 5.92. The highest BCUT2D eigenvalue weighted by Crippen LogP contribution is 2.27. The number of hydrogen-bond acceptors (Lipinski definition) is 5. The van der Waals surface area contributed by atoms with Crippen molar-refractivity contribution in [3.8, 4) is 5.75 Å². The molecule has 0 spiro atoms. The number of carbonyl (C=O) groups excluding carboxylic acids is 1. The van der Waals surface area contributed by atoms with Crippen molar-refractivity contribution in [2.75, 3.05) is 13.1 Å². The van der Waals surface area contributed by atoms with E-state index in [1.165, 1.54) is 12.5 Å². The predicted molar refractivity (Wildman–Crippen MR) is 85.3 cm³/mol. The fraction of sp³-hybridized carbons (Fsp3) is 0.353. The first-order chi connectivity index (χ1) is 11.5. The van der Waals surface area contributed by atoms with E-state index in [9.17, 15) is 9.59 Å². The average molecular weight is 330 g/mol. The summed E-state index contributed by atoms with van der Waals surface area (Å²) in [4.78, 5) is 28.5. The van der Waals surface area contributed by atoms with Crippen LogP contribution in [0.25, 0.3) is 11.1 Å². The van der Waals surface area contributed by atoms with Gasteiger partial charge in [0.15, 0.2) is 23.2 Å². The van der Waals surface area contributed by atoms with E-state index in [0.717, 1.165) is 0 Å². The number of nitrogens with zero attached hydrogens (tertiary/aromatic N) is 2. The number of para-hydroxylation sites is 1. The summed E-state index contributed by atoms with van der Waals surface area (Å²) >= 11 is 0. The molecule has 0 radical (unpaired) electrons. The molecule has 1 aromatic carbocycles. The Hall–Kier alpha value is -2.83. The number of aromatic nitrogens is 1. The molecule has 7 heteroatoms. The van der Waals surface area contributed by atoms with Crippen molar-refractivity contribution < 1.29 is 23.8 Å². The van der Waals surface area contributed by atoms with E-state index in [4.69, 9.17) is 14.3 Å². The zero-order chi connectivity index (χ0) is 17.1. The minimum atomic E-state index is -0.822. The molecule has 126 valence electrons. The molecule has 1 aliphatic rings. The Labute approximate surface area is 138 Å². The van der Waals surface area contributed by atoms with Crippen LogP contribution in [0.5, 0.6) is 5.75 Å². The van der Waals surface area contributed by atoms with Gasteiger partial charge in [0, 0.05) is 19.0 Å². The van der Waals surface area contributed by atoms with Gasteiger partial charge in [0.05, 0.1) is 6.54 Å². The number of ether oxygens (including phenoxy) is 1. The minimum Gasteiger partial charge on any atom is -0.481 e. The van der Waals surface area contributed by atoms with E-state index in [2.05, 4.69) is 4.98 Å². The van der Waals surface area contributed by atoms with Gasteiger partial charge in [0.2, 0.25) is 5.91 Å². The summed E-state index contributed by atoms with van der Waals surface area (Å²) in [7, 11) is 0. The van der Waals surface area contributed by atoms with Gasteiger partial charge in [-0.2, -0.15) is 0 Å². The van der Waals surface area contributed by atoms with E-state index in [-0.39, 0.29) is 18.2 Å². The van der Waals surface area contributed by atoms with Crippen molar-refractivity contribution in [2.45, 2.75) is 19.8 Å². The predicted octanol–water partition coefficient (Wildman–Crippen LogP) is 2.43. The van der Waals surface area contributed by atoms with Crippen LogP contribution in [-0.4, -0.2) is 40.0 Å². The highest BCUT2D eigenvalue weighted by atomic mass is 16.5. The molecule has 2 aromatic rings. The Morgan fingerprint density at radius 2 is 2.33 bits per heavy atom. The maximum absolute atomic E-state index is 12.1. The number of carboxylic acids is 1. The van der Waals surface area contributed by atoms with Crippen molar-refractivity contribution in [1.82, 2.24) is 9.88 Å². The molecular formula is C17H18N2O5. The zero-order valence-electron chi connectivity index (χ0n) is 13.3. The molecule has 1 aromatic heterocycles. The quantitative estimate of drug-likeness (QED) is 0.838. The molecule has 0 saturated carbocycles. The number of fused-ring (bicyclic) bond motifs is 1. The summed E-state index contributed by atoms with van der Waals surface area (Å²) in [6.45, 7) is 2.80. The third kappa shape index (κ3) is 3.56. The number of oxazole rings is 1. The summed E-state index contributed by atoms with van der Waals surface area (Å²) in [5, 5.41) is 8.73. The Kier molecular flexibility index (Phi) is 4.50. The van der Waals surface area contributed by atoms with Gasteiger partial charge < -0.3 is 19.2 Å². The zero-order valence-corrected chi connectivity index (χ0v) is 13.3. The number of rotatable bonds is 7. The highest BCUT2D eigenvalue weighted by molar-refractivity contribution is 5.91. The standard InChI is InChI=1S/C17H18N2O5/c1-11(5-6-16(21)22)8-19-9-12(7-15(19)20)24-14-4-2-3-13-17(14)18-10-23-13/h2-4,7,10-11H,5-6,8-9H2,1H3,(H,21,22). The van der Waals surface area contributed by atoms with E-state index in [0.29, 0.717) is 42.1 Å². The molecular weight excluding hydrogens is 312 g/mol.